The van der Waals surface area contributed by atoms with E-state index < -0.39 is 0 Å². The molecule has 6 heteroatoms. The number of nitrogens with one attached hydrogen (secondary N) is 2. The smallest absolute Gasteiger partial charge is 0.188 e. The molecule has 1 aliphatic heterocycles. The lowest BCUT2D eigenvalue weighted by atomic mass is 10.0. The van der Waals surface area contributed by atoms with Crippen LogP contribution in [-0.2, 0) is 19.5 Å². The second-order valence-electron chi connectivity index (χ2n) is 5.38. The third-order valence-electron chi connectivity index (χ3n) is 3.16. The molecule has 2 N–H and O–H groups in total. The van der Waals surface area contributed by atoms with Crippen molar-refractivity contribution in [1.29, 1.82) is 0 Å². The Morgan fingerprint density at radius 2 is 2.26 bits per heavy atom. The maximum atomic E-state index is 6.02. The first-order valence-electron chi connectivity index (χ1n) is 6.37. The van der Waals surface area contributed by atoms with Crippen molar-refractivity contribution in [3.63, 3.8) is 0 Å². The molecule has 0 aliphatic carbocycles. The van der Waals surface area contributed by atoms with Gasteiger partial charge in [0.1, 0.15) is 11.4 Å². The van der Waals surface area contributed by atoms with Gasteiger partial charge in [-0.15, -0.1) is 10.2 Å². The Balaban J connectivity index is 1.68. The molecule has 3 rings (SSSR count). The highest BCUT2D eigenvalue weighted by molar-refractivity contribution is 5.45. The minimum atomic E-state index is -0.105. The van der Waals surface area contributed by atoms with E-state index >= 15 is 0 Å². The molecule has 0 bridgehead atoms. The first-order valence-corrected chi connectivity index (χ1v) is 6.37. The molecule has 0 unspecified atom stereocenters. The average molecular weight is 259 g/mol. The van der Waals surface area contributed by atoms with E-state index in [1.165, 1.54) is 11.1 Å². The van der Waals surface area contributed by atoms with Gasteiger partial charge in [-0.2, -0.15) is 5.21 Å². The first kappa shape index (κ1) is 12.1. The topological polar surface area (TPSA) is 75.7 Å². The van der Waals surface area contributed by atoms with E-state index in [0.29, 0.717) is 12.4 Å². The molecule has 0 atom stereocenters. The summed E-state index contributed by atoms with van der Waals surface area (Å²) < 4.78 is 6.02. The summed E-state index contributed by atoms with van der Waals surface area (Å²) in [5.41, 5.74) is 2.35. The van der Waals surface area contributed by atoms with Crippen molar-refractivity contribution in [2.75, 3.05) is 0 Å². The van der Waals surface area contributed by atoms with Gasteiger partial charge in [0.05, 0.1) is 6.54 Å². The quantitative estimate of drug-likeness (QED) is 0.863. The Kier molecular flexibility index (Phi) is 2.94. The summed E-state index contributed by atoms with van der Waals surface area (Å²) in [6.45, 7) is 5.55. The maximum absolute atomic E-state index is 6.02. The van der Waals surface area contributed by atoms with Crippen molar-refractivity contribution in [3.05, 3.63) is 35.2 Å². The lowest BCUT2D eigenvalue weighted by Crippen LogP contribution is -2.25. The fraction of sp³-hybridized carbons (Fsp3) is 0.462. The number of H-pyrrole nitrogens is 1. The highest BCUT2D eigenvalue weighted by Gasteiger charge is 2.31. The van der Waals surface area contributed by atoms with E-state index in [-0.39, 0.29) is 5.60 Å². The first-order chi connectivity index (χ1) is 9.14. The van der Waals surface area contributed by atoms with Crippen molar-refractivity contribution in [2.24, 2.45) is 0 Å². The highest BCUT2D eigenvalue weighted by atomic mass is 16.5. The number of tetrazole rings is 1. The third-order valence-corrected chi connectivity index (χ3v) is 3.16. The molecule has 19 heavy (non-hydrogen) atoms. The monoisotopic (exact) mass is 259 g/mol. The average Bonchev–Trinajstić information content (AvgIpc) is 2.95. The minimum absolute atomic E-state index is 0.105. The van der Waals surface area contributed by atoms with Crippen LogP contribution in [0.25, 0.3) is 0 Å². The molecule has 1 aromatic heterocycles. The minimum Gasteiger partial charge on any atom is -0.487 e. The van der Waals surface area contributed by atoms with Crippen molar-refractivity contribution < 1.29 is 4.74 Å². The van der Waals surface area contributed by atoms with Crippen LogP contribution in [0.1, 0.15) is 30.8 Å². The van der Waals surface area contributed by atoms with Gasteiger partial charge in [0.25, 0.3) is 0 Å². The van der Waals surface area contributed by atoms with Crippen LogP contribution >= 0.6 is 0 Å². The van der Waals surface area contributed by atoms with Crippen LogP contribution in [0.5, 0.6) is 5.75 Å². The van der Waals surface area contributed by atoms with Crippen molar-refractivity contribution in [2.45, 2.75) is 39.0 Å². The zero-order valence-electron chi connectivity index (χ0n) is 11.1. The van der Waals surface area contributed by atoms with Crippen molar-refractivity contribution in [3.8, 4) is 5.75 Å². The Labute approximate surface area is 111 Å². The predicted octanol–water partition coefficient (Wildman–Crippen LogP) is 1.20. The molecule has 0 amide bonds. The van der Waals surface area contributed by atoms with E-state index in [0.717, 1.165) is 18.7 Å². The Morgan fingerprint density at radius 1 is 1.37 bits per heavy atom. The van der Waals surface area contributed by atoms with E-state index in [1.54, 1.807) is 0 Å². The fourth-order valence-electron chi connectivity index (χ4n) is 2.38. The van der Waals surface area contributed by atoms with Gasteiger partial charge < -0.3 is 10.1 Å². The maximum Gasteiger partial charge on any atom is 0.188 e. The largest absolute Gasteiger partial charge is 0.487 e. The lowest BCUT2D eigenvalue weighted by Gasteiger charge is -2.18. The van der Waals surface area contributed by atoms with Crippen molar-refractivity contribution in [1.82, 2.24) is 25.9 Å². The Morgan fingerprint density at radius 3 is 3.05 bits per heavy atom. The zero-order valence-corrected chi connectivity index (χ0v) is 11.1. The van der Waals surface area contributed by atoms with Gasteiger partial charge in [-0.1, -0.05) is 23.4 Å². The van der Waals surface area contributed by atoms with Gasteiger partial charge in [-0.05, 0) is 19.4 Å². The summed E-state index contributed by atoms with van der Waals surface area (Å²) in [5, 5.41) is 17.1. The van der Waals surface area contributed by atoms with E-state index in [9.17, 15) is 0 Å². The molecule has 6 nitrogen and oxygen atoms in total. The summed E-state index contributed by atoms with van der Waals surface area (Å²) in [6, 6.07) is 6.30. The van der Waals surface area contributed by atoms with Crippen LogP contribution in [0.4, 0.5) is 0 Å². The van der Waals surface area contributed by atoms with Gasteiger partial charge in [0.15, 0.2) is 5.82 Å². The number of aromatic nitrogens is 4. The van der Waals surface area contributed by atoms with Crippen molar-refractivity contribution >= 4 is 0 Å². The number of benzene rings is 1. The molecule has 0 radical (unpaired) electrons. The van der Waals surface area contributed by atoms with E-state index in [4.69, 9.17) is 4.74 Å². The van der Waals surface area contributed by atoms with Gasteiger partial charge >= 0.3 is 0 Å². The Bertz CT molecular complexity index is 564. The molecule has 0 saturated carbocycles. The third kappa shape index (κ3) is 2.58. The number of fused-ring (bicyclic) bond motifs is 1. The van der Waals surface area contributed by atoms with Crippen LogP contribution in [0.15, 0.2) is 18.2 Å². The Hall–Kier alpha value is -1.95. The van der Waals surface area contributed by atoms with Crippen LogP contribution in [0.2, 0.25) is 0 Å². The van der Waals surface area contributed by atoms with Gasteiger partial charge in [-0.25, -0.2) is 0 Å². The molecule has 100 valence electrons. The van der Waals surface area contributed by atoms with E-state index in [1.807, 2.05) is 0 Å². The van der Waals surface area contributed by atoms with E-state index in [2.05, 4.69) is 58.0 Å². The number of hydrogen-bond donors (Lipinski definition) is 2. The molecule has 2 aromatic rings. The second-order valence-corrected chi connectivity index (χ2v) is 5.38. The number of aromatic amines is 1. The summed E-state index contributed by atoms with van der Waals surface area (Å²) >= 11 is 0. The molecule has 2 heterocycles. The van der Waals surface area contributed by atoms with Gasteiger partial charge in [0, 0.05) is 18.5 Å². The fourth-order valence-corrected chi connectivity index (χ4v) is 2.38. The molecule has 1 aromatic carbocycles. The van der Waals surface area contributed by atoms with Gasteiger partial charge in [0.2, 0.25) is 0 Å². The van der Waals surface area contributed by atoms with Gasteiger partial charge in [-0.3, -0.25) is 0 Å². The lowest BCUT2D eigenvalue weighted by molar-refractivity contribution is 0.137. The normalized spacial score (nSPS) is 16.1. The summed E-state index contributed by atoms with van der Waals surface area (Å²) in [7, 11) is 0. The van der Waals surface area contributed by atoms with Crippen LogP contribution in [0.3, 0.4) is 0 Å². The molecular formula is C13H17N5O. The summed E-state index contributed by atoms with van der Waals surface area (Å²) in [5.74, 6) is 1.68. The van der Waals surface area contributed by atoms with Crippen LogP contribution in [0, 0.1) is 0 Å². The summed E-state index contributed by atoms with van der Waals surface area (Å²) in [4.78, 5) is 0. The molecule has 0 saturated heterocycles. The number of nitrogens with zero attached hydrogens (tertiary/aromatic N) is 3. The second kappa shape index (κ2) is 4.62. The summed E-state index contributed by atoms with van der Waals surface area (Å²) in [6.07, 6.45) is 0.959. The SMILES string of the molecule is CC1(C)Cc2cccc(CNCc3nn[nH]n3)c2O1. The number of rotatable bonds is 4. The van der Waals surface area contributed by atoms with Crippen LogP contribution in [-0.4, -0.2) is 26.2 Å². The predicted molar refractivity (Wildman–Crippen MR) is 69.6 cm³/mol. The number of hydrogen-bond acceptors (Lipinski definition) is 5. The molecule has 0 fully saturated rings. The van der Waals surface area contributed by atoms with Crippen LogP contribution < -0.4 is 10.1 Å². The number of ether oxygens (including phenoxy) is 1. The number of para-hydroxylation sites is 1. The molecular weight excluding hydrogens is 242 g/mol. The molecule has 0 spiro atoms. The highest BCUT2D eigenvalue weighted by Crippen LogP contribution is 2.37. The molecule has 1 aliphatic rings. The standard InChI is InChI=1S/C13H17N5O/c1-13(2)6-9-4-3-5-10(12(9)19-13)7-14-8-11-15-17-18-16-11/h3-5,14H,6-8H2,1-2H3,(H,15,16,17,18). The zero-order chi connectivity index (χ0) is 13.3.